The Hall–Kier alpha value is -3.52. The number of methoxy groups -OCH3 is 1. The Morgan fingerprint density at radius 3 is 2.87 bits per heavy atom. The van der Waals surface area contributed by atoms with Gasteiger partial charge in [0.1, 0.15) is 5.82 Å². The molecule has 8 nitrogen and oxygen atoms in total. The number of benzene rings is 2. The molecule has 1 atom stereocenters. The second-order valence-electron chi connectivity index (χ2n) is 7.21. The second-order valence-corrected chi connectivity index (χ2v) is 7.62. The molecule has 0 unspecified atom stereocenters. The minimum absolute atomic E-state index is 0.119. The lowest BCUT2D eigenvalue weighted by atomic mass is 9.87. The molecule has 0 fully saturated rings. The molecule has 1 aromatic heterocycles. The van der Waals surface area contributed by atoms with E-state index in [1.165, 1.54) is 7.11 Å². The highest BCUT2D eigenvalue weighted by Gasteiger charge is 2.31. The highest BCUT2D eigenvalue weighted by molar-refractivity contribution is 6.31. The fourth-order valence-electron chi connectivity index (χ4n) is 3.69. The highest BCUT2D eigenvalue weighted by Crippen LogP contribution is 2.41. The average Bonchev–Trinajstić information content (AvgIpc) is 3.17. The number of nitrogens with one attached hydrogen (secondary N) is 1. The summed E-state index contributed by atoms with van der Waals surface area (Å²) in [5, 5.41) is 8.08. The third kappa shape index (κ3) is 3.94. The number of aromatic nitrogens is 2. The summed E-state index contributed by atoms with van der Waals surface area (Å²) in [4.78, 5) is 23.6. The van der Waals surface area contributed by atoms with Crippen molar-refractivity contribution in [2.75, 3.05) is 19.0 Å². The van der Waals surface area contributed by atoms with Crippen LogP contribution in [0.2, 0.25) is 5.02 Å². The Morgan fingerprint density at radius 1 is 1.32 bits per heavy atom. The van der Waals surface area contributed by atoms with Crippen molar-refractivity contribution in [3.05, 3.63) is 64.3 Å². The van der Waals surface area contributed by atoms with Crippen molar-refractivity contribution < 1.29 is 19.1 Å². The number of carbonyl (C=O) groups is 2. The van der Waals surface area contributed by atoms with E-state index in [9.17, 15) is 9.59 Å². The summed E-state index contributed by atoms with van der Waals surface area (Å²) in [5.41, 5.74) is 8.55. The standard InChI is InChI=1S/C22H21ClN4O4/c1-12-16(23)4-3-5-17(12)27-22-15(10-25-27)14(9-21(29)26-22)13-6-7-18(19(8-13)30-2)31-11-20(24)28/h3-8,10,14H,9,11H2,1-2H3,(H2,24,28)(H,26,29)/t14-/m1/s1. The molecular formula is C22H21ClN4O4. The first kappa shape index (κ1) is 20.7. The van der Waals surface area contributed by atoms with Gasteiger partial charge in [-0.3, -0.25) is 9.59 Å². The number of rotatable bonds is 6. The van der Waals surface area contributed by atoms with Crippen molar-refractivity contribution in [1.29, 1.82) is 0 Å². The van der Waals surface area contributed by atoms with E-state index in [1.807, 2.05) is 31.2 Å². The minimum atomic E-state index is -0.580. The van der Waals surface area contributed by atoms with Crippen LogP contribution in [0.5, 0.6) is 11.5 Å². The van der Waals surface area contributed by atoms with Crippen molar-refractivity contribution in [2.24, 2.45) is 5.73 Å². The van der Waals surface area contributed by atoms with Gasteiger partial charge in [0.15, 0.2) is 18.1 Å². The fraction of sp³-hybridized carbons (Fsp3) is 0.227. The maximum absolute atomic E-state index is 12.6. The van der Waals surface area contributed by atoms with E-state index in [1.54, 1.807) is 23.0 Å². The van der Waals surface area contributed by atoms with Gasteiger partial charge in [0.25, 0.3) is 5.91 Å². The van der Waals surface area contributed by atoms with E-state index in [4.69, 9.17) is 26.8 Å². The summed E-state index contributed by atoms with van der Waals surface area (Å²) in [6.45, 7) is 1.65. The summed E-state index contributed by atoms with van der Waals surface area (Å²) in [7, 11) is 1.51. The summed E-state index contributed by atoms with van der Waals surface area (Å²) in [6, 6.07) is 10.9. The maximum Gasteiger partial charge on any atom is 0.255 e. The average molecular weight is 441 g/mol. The summed E-state index contributed by atoms with van der Waals surface area (Å²) < 4.78 is 12.5. The minimum Gasteiger partial charge on any atom is -0.493 e. The Balaban J connectivity index is 1.74. The molecule has 31 heavy (non-hydrogen) atoms. The number of halogens is 1. The Bertz CT molecular complexity index is 1170. The lowest BCUT2D eigenvalue weighted by Crippen LogP contribution is -2.24. The Kier molecular flexibility index (Phi) is 5.56. The molecule has 2 aromatic carbocycles. The van der Waals surface area contributed by atoms with Crippen LogP contribution in [-0.4, -0.2) is 35.3 Å². The van der Waals surface area contributed by atoms with Crippen LogP contribution in [0, 0.1) is 6.92 Å². The van der Waals surface area contributed by atoms with E-state index in [-0.39, 0.29) is 24.9 Å². The largest absolute Gasteiger partial charge is 0.493 e. The molecule has 0 saturated carbocycles. The predicted octanol–water partition coefficient (Wildman–Crippen LogP) is 3.18. The fourth-order valence-corrected chi connectivity index (χ4v) is 3.86. The van der Waals surface area contributed by atoms with E-state index in [0.717, 1.165) is 22.4 Å². The molecule has 2 amide bonds. The molecule has 0 radical (unpaired) electrons. The molecule has 9 heteroatoms. The molecular weight excluding hydrogens is 420 g/mol. The smallest absolute Gasteiger partial charge is 0.255 e. The zero-order valence-electron chi connectivity index (χ0n) is 17.0. The summed E-state index contributed by atoms with van der Waals surface area (Å²) in [6.07, 6.45) is 2.02. The third-order valence-electron chi connectivity index (χ3n) is 5.25. The first-order valence-electron chi connectivity index (χ1n) is 9.61. The number of hydrogen-bond acceptors (Lipinski definition) is 5. The van der Waals surface area contributed by atoms with Crippen LogP contribution in [0.25, 0.3) is 5.69 Å². The van der Waals surface area contributed by atoms with Gasteiger partial charge in [-0.25, -0.2) is 4.68 Å². The topological polar surface area (TPSA) is 108 Å². The van der Waals surface area contributed by atoms with Crippen LogP contribution in [-0.2, 0) is 9.59 Å². The van der Waals surface area contributed by atoms with Crippen molar-refractivity contribution in [3.8, 4) is 17.2 Å². The summed E-state index contributed by atoms with van der Waals surface area (Å²) in [5.74, 6) is 0.534. The van der Waals surface area contributed by atoms with Gasteiger partial charge in [-0.05, 0) is 42.3 Å². The van der Waals surface area contributed by atoms with Gasteiger partial charge in [-0.1, -0.05) is 23.7 Å². The molecule has 0 saturated heterocycles. The molecule has 1 aliphatic rings. The SMILES string of the molecule is COc1cc([C@H]2CC(=O)Nc3c2cnn3-c2cccc(Cl)c2C)ccc1OCC(N)=O. The van der Waals surface area contributed by atoms with Crippen molar-refractivity contribution in [3.63, 3.8) is 0 Å². The van der Waals surface area contributed by atoms with E-state index in [2.05, 4.69) is 10.4 Å². The van der Waals surface area contributed by atoms with Gasteiger partial charge in [0.2, 0.25) is 5.91 Å². The quantitative estimate of drug-likeness (QED) is 0.612. The Labute approximate surface area is 183 Å². The molecule has 1 aliphatic heterocycles. The van der Waals surface area contributed by atoms with Gasteiger partial charge in [-0.15, -0.1) is 0 Å². The Morgan fingerprint density at radius 2 is 2.13 bits per heavy atom. The molecule has 4 rings (SSSR count). The number of primary amides is 1. The van der Waals surface area contributed by atoms with Crippen molar-refractivity contribution in [1.82, 2.24) is 9.78 Å². The second kappa shape index (κ2) is 8.31. The predicted molar refractivity (Wildman–Crippen MR) is 116 cm³/mol. The number of anilines is 1. The van der Waals surface area contributed by atoms with Crippen LogP contribution < -0.4 is 20.5 Å². The van der Waals surface area contributed by atoms with Crippen molar-refractivity contribution in [2.45, 2.75) is 19.3 Å². The van der Waals surface area contributed by atoms with Crippen LogP contribution >= 0.6 is 11.6 Å². The monoisotopic (exact) mass is 440 g/mol. The summed E-state index contributed by atoms with van der Waals surface area (Å²) >= 11 is 6.28. The van der Waals surface area contributed by atoms with Crippen molar-refractivity contribution >= 4 is 29.2 Å². The van der Waals surface area contributed by atoms with E-state index in [0.29, 0.717) is 22.3 Å². The molecule has 160 valence electrons. The first-order valence-corrected chi connectivity index (χ1v) is 9.99. The first-order chi connectivity index (χ1) is 14.9. The molecule has 2 heterocycles. The zero-order valence-corrected chi connectivity index (χ0v) is 17.8. The number of fused-ring (bicyclic) bond motifs is 1. The normalized spacial score (nSPS) is 15.2. The highest BCUT2D eigenvalue weighted by atomic mass is 35.5. The number of ether oxygens (including phenoxy) is 2. The molecule has 0 spiro atoms. The lowest BCUT2D eigenvalue weighted by molar-refractivity contribution is -0.120. The molecule has 3 aromatic rings. The van der Waals surface area contributed by atoms with Gasteiger partial charge < -0.3 is 20.5 Å². The molecule has 0 aliphatic carbocycles. The van der Waals surface area contributed by atoms with Gasteiger partial charge >= 0.3 is 0 Å². The van der Waals surface area contributed by atoms with E-state index >= 15 is 0 Å². The van der Waals surface area contributed by atoms with Gasteiger partial charge in [0, 0.05) is 22.9 Å². The van der Waals surface area contributed by atoms with Gasteiger partial charge in [-0.2, -0.15) is 5.10 Å². The van der Waals surface area contributed by atoms with Crippen LogP contribution in [0.15, 0.2) is 42.6 Å². The third-order valence-corrected chi connectivity index (χ3v) is 5.66. The van der Waals surface area contributed by atoms with Crippen LogP contribution in [0.1, 0.15) is 29.0 Å². The maximum atomic E-state index is 12.6. The van der Waals surface area contributed by atoms with Crippen LogP contribution in [0.3, 0.4) is 0 Å². The number of hydrogen-bond donors (Lipinski definition) is 2. The van der Waals surface area contributed by atoms with Gasteiger partial charge in [0.05, 0.1) is 19.0 Å². The van der Waals surface area contributed by atoms with E-state index < -0.39 is 5.91 Å². The zero-order chi connectivity index (χ0) is 22.1. The number of carbonyl (C=O) groups excluding carboxylic acids is 2. The molecule has 3 N–H and O–H groups in total. The number of amides is 2. The van der Waals surface area contributed by atoms with Crippen LogP contribution in [0.4, 0.5) is 5.82 Å². The molecule has 0 bridgehead atoms. The number of nitrogens with two attached hydrogens (primary N) is 1. The lowest BCUT2D eigenvalue weighted by Gasteiger charge is -2.24. The number of nitrogens with zero attached hydrogens (tertiary/aromatic N) is 2.